The maximum absolute atomic E-state index is 13.7. The minimum Gasteiger partial charge on any atom is -0.496 e. The average molecular weight is 710 g/mol. The summed E-state index contributed by atoms with van der Waals surface area (Å²) in [6.07, 6.45) is 1.16. The van der Waals surface area contributed by atoms with E-state index in [1.807, 2.05) is 12.1 Å². The first-order chi connectivity index (χ1) is 23.8. The van der Waals surface area contributed by atoms with Crippen molar-refractivity contribution < 1.29 is 40.7 Å². The van der Waals surface area contributed by atoms with Crippen LogP contribution in [0.5, 0.6) is 5.75 Å². The molecule has 0 N–H and O–H groups in total. The molecule has 0 radical (unpaired) electrons. The molecule has 50 heavy (non-hydrogen) atoms. The molecule has 276 valence electrons. The maximum Gasteiger partial charge on any atom is 0.416 e. The zero-order valence-electron chi connectivity index (χ0n) is 28.9. The molecular weight excluding hydrogens is 660 g/mol. The van der Waals surface area contributed by atoms with Crippen LogP contribution in [0.1, 0.15) is 103 Å². The summed E-state index contributed by atoms with van der Waals surface area (Å²) in [5, 5.41) is 0. The minimum absolute atomic E-state index is 0.0816. The minimum atomic E-state index is -4.99. The quantitative estimate of drug-likeness (QED) is 0.134. The molecule has 0 saturated carbocycles. The normalized spacial score (nSPS) is 21.9. The number of methoxy groups -OCH3 is 1. The van der Waals surface area contributed by atoms with Gasteiger partial charge in [0.15, 0.2) is 6.29 Å². The number of aldehydes is 1. The molecule has 0 aromatic heterocycles. The van der Waals surface area contributed by atoms with Crippen molar-refractivity contribution in [1.82, 2.24) is 14.7 Å². The molecular formula is C38H49F6N3O3. The molecule has 3 heterocycles. The number of hydrogen-bond donors (Lipinski definition) is 0. The molecule has 3 saturated heterocycles. The van der Waals surface area contributed by atoms with Gasteiger partial charge in [-0.1, -0.05) is 25.3 Å². The van der Waals surface area contributed by atoms with Gasteiger partial charge in [-0.25, -0.2) is 0 Å². The Hall–Kier alpha value is -3.12. The predicted octanol–water partition coefficient (Wildman–Crippen LogP) is 8.16. The average Bonchev–Trinajstić information content (AvgIpc) is 3.33. The van der Waals surface area contributed by atoms with E-state index in [9.17, 15) is 35.9 Å². The van der Waals surface area contributed by atoms with Gasteiger partial charge >= 0.3 is 12.4 Å². The van der Waals surface area contributed by atoms with E-state index in [2.05, 4.69) is 9.80 Å². The van der Waals surface area contributed by atoms with Crippen LogP contribution < -0.4 is 4.74 Å². The van der Waals surface area contributed by atoms with Crippen molar-refractivity contribution in [2.45, 2.75) is 101 Å². The third-order valence-corrected chi connectivity index (χ3v) is 11.0. The highest BCUT2D eigenvalue weighted by molar-refractivity contribution is 5.80. The molecule has 2 aromatic carbocycles. The molecule has 0 spiro atoms. The van der Waals surface area contributed by atoms with Gasteiger partial charge in [-0.3, -0.25) is 9.59 Å². The summed E-state index contributed by atoms with van der Waals surface area (Å²) in [4.78, 5) is 32.2. The van der Waals surface area contributed by atoms with Gasteiger partial charge < -0.3 is 19.4 Å². The van der Waals surface area contributed by atoms with Crippen molar-refractivity contribution in [1.29, 1.82) is 0 Å². The van der Waals surface area contributed by atoms with Gasteiger partial charge in [0, 0.05) is 24.5 Å². The third kappa shape index (κ3) is 9.60. The standard InChI is InChI=1S/C38H49F6N3O3/c1-50-34-25-30(10-9-29(34)26-48)36(13-3-7-15-45-19-11-33(12-20-45)46-16-5-2-6-17-46)14-4-8-18-47(27-36)35(49)23-28-21-31(37(39,40)41)24-32(22-28)38(42,43)44/h9-10,21-22,24-26,33H,2-8,11-20,23,27H2,1H3/t36-/m1/s1. The van der Waals surface area contributed by atoms with Gasteiger partial charge in [-0.2, -0.15) is 26.3 Å². The number of carbonyl (C=O) groups is 2. The van der Waals surface area contributed by atoms with Crippen molar-refractivity contribution in [3.8, 4) is 5.75 Å². The summed E-state index contributed by atoms with van der Waals surface area (Å²) in [5.41, 5.74) is -2.43. The van der Waals surface area contributed by atoms with Gasteiger partial charge in [0.25, 0.3) is 0 Å². The molecule has 3 fully saturated rings. The smallest absolute Gasteiger partial charge is 0.416 e. The number of piperidine rings is 2. The largest absolute Gasteiger partial charge is 0.496 e. The second-order valence-electron chi connectivity index (χ2n) is 14.3. The first kappa shape index (κ1) is 38.1. The Labute approximate surface area is 291 Å². The molecule has 6 nitrogen and oxygen atoms in total. The SMILES string of the molecule is COc1cc([C@]2(CCCCN3CCC(N4CCCCC4)CC3)CCCCN(C(=O)Cc3cc(C(F)(F)F)cc(C(F)(F)F)c3)C2)ccc1C=O. The highest BCUT2D eigenvalue weighted by atomic mass is 19.4. The summed E-state index contributed by atoms with van der Waals surface area (Å²) in [6, 6.07) is 7.45. The zero-order chi connectivity index (χ0) is 35.9. The number of benzene rings is 2. The Morgan fingerprint density at radius 2 is 1.52 bits per heavy atom. The number of halogens is 6. The molecule has 1 amide bonds. The van der Waals surface area contributed by atoms with Crippen LogP contribution >= 0.6 is 0 Å². The first-order valence-corrected chi connectivity index (χ1v) is 18.0. The number of rotatable bonds is 11. The molecule has 1 atom stereocenters. The number of nitrogens with zero attached hydrogens (tertiary/aromatic N) is 3. The molecule has 0 unspecified atom stereocenters. The number of alkyl halides is 6. The Morgan fingerprint density at radius 3 is 2.14 bits per heavy atom. The predicted molar refractivity (Wildman–Crippen MR) is 179 cm³/mol. The number of carbonyl (C=O) groups excluding carboxylic acids is 2. The monoisotopic (exact) mass is 709 g/mol. The fourth-order valence-corrected chi connectivity index (χ4v) is 8.22. The second-order valence-corrected chi connectivity index (χ2v) is 14.3. The van der Waals surface area contributed by atoms with E-state index in [1.54, 1.807) is 11.0 Å². The summed E-state index contributed by atoms with van der Waals surface area (Å²) in [5.74, 6) is -0.101. The Bertz CT molecular complexity index is 1420. The van der Waals surface area contributed by atoms with Crippen LogP contribution in [0.4, 0.5) is 26.3 Å². The van der Waals surface area contributed by atoms with Crippen LogP contribution in [-0.4, -0.2) is 85.9 Å². The molecule has 3 aliphatic rings. The van der Waals surface area contributed by atoms with Crippen molar-refractivity contribution in [2.75, 3.05) is 52.9 Å². The second kappa shape index (κ2) is 16.5. The van der Waals surface area contributed by atoms with E-state index in [0.717, 1.165) is 63.6 Å². The van der Waals surface area contributed by atoms with E-state index in [1.165, 1.54) is 52.3 Å². The van der Waals surface area contributed by atoms with Crippen LogP contribution in [0.2, 0.25) is 0 Å². The lowest BCUT2D eigenvalue weighted by atomic mass is 9.72. The highest BCUT2D eigenvalue weighted by Gasteiger charge is 2.39. The summed E-state index contributed by atoms with van der Waals surface area (Å²) in [6.45, 7) is 6.15. The zero-order valence-corrected chi connectivity index (χ0v) is 28.9. The molecule has 0 aliphatic carbocycles. The fraction of sp³-hybridized carbons (Fsp3) is 0.632. The number of likely N-dealkylation sites (tertiary alicyclic amines) is 3. The molecule has 12 heteroatoms. The van der Waals surface area contributed by atoms with Gasteiger partial charge in [0.1, 0.15) is 5.75 Å². The van der Waals surface area contributed by atoms with Crippen LogP contribution in [0.25, 0.3) is 0 Å². The lowest BCUT2D eigenvalue weighted by Gasteiger charge is -2.40. The molecule has 3 aliphatic heterocycles. The van der Waals surface area contributed by atoms with E-state index < -0.39 is 41.2 Å². The van der Waals surface area contributed by atoms with Crippen LogP contribution in [0.3, 0.4) is 0 Å². The van der Waals surface area contributed by atoms with Crippen molar-refractivity contribution in [2.24, 2.45) is 0 Å². The van der Waals surface area contributed by atoms with E-state index in [0.29, 0.717) is 42.5 Å². The Balaban J connectivity index is 1.31. The summed E-state index contributed by atoms with van der Waals surface area (Å²) < 4.78 is 86.8. The number of amides is 1. The Morgan fingerprint density at radius 1 is 0.860 bits per heavy atom. The molecule has 5 rings (SSSR count). The van der Waals surface area contributed by atoms with Gasteiger partial charge in [0.2, 0.25) is 5.91 Å². The lowest BCUT2D eigenvalue weighted by Crippen LogP contribution is -2.46. The van der Waals surface area contributed by atoms with Crippen molar-refractivity contribution in [3.05, 3.63) is 64.2 Å². The first-order valence-electron chi connectivity index (χ1n) is 18.0. The van der Waals surface area contributed by atoms with Gasteiger partial charge in [0.05, 0.1) is 30.2 Å². The number of hydrogen-bond acceptors (Lipinski definition) is 5. The number of ether oxygens (including phenoxy) is 1. The summed E-state index contributed by atoms with van der Waals surface area (Å²) in [7, 11) is 1.49. The topological polar surface area (TPSA) is 53.1 Å². The third-order valence-electron chi connectivity index (χ3n) is 11.0. The van der Waals surface area contributed by atoms with Crippen molar-refractivity contribution >= 4 is 12.2 Å². The van der Waals surface area contributed by atoms with Gasteiger partial charge in [-0.05, 0) is 126 Å². The van der Waals surface area contributed by atoms with Gasteiger partial charge in [-0.15, -0.1) is 0 Å². The molecule has 2 aromatic rings. The van der Waals surface area contributed by atoms with E-state index in [4.69, 9.17) is 4.74 Å². The van der Waals surface area contributed by atoms with E-state index >= 15 is 0 Å². The molecule has 0 bridgehead atoms. The highest BCUT2D eigenvalue weighted by Crippen LogP contribution is 2.41. The number of unbranched alkanes of at least 4 members (excludes halogenated alkanes) is 1. The Kier molecular flexibility index (Phi) is 12.6. The van der Waals surface area contributed by atoms with Crippen LogP contribution in [-0.2, 0) is 29.0 Å². The van der Waals surface area contributed by atoms with Crippen molar-refractivity contribution in [3.63, 3.8) is 0 Å². The maximum atomic E-state index is 13.7. The lowest BCUT2D eigenvalue weighted by molar-refractivity contribution is -0.143. The van der Waals surface area contributed by atoms with Crippen LogP contribution in [0, 0.1) is 0 Å². The van der Waals surface area contributed by atoms with E-state index in [-0.39, 0.29) is 18.2 Å². The van der Waals surface area contributed by atoms with Crippen LogP contribution in [0.15, 0.2) is 36.4 Å². The fourth-order valence-electron chi connectivity index (χ4n) is 8.22. The summed E-state index contributed by atoms with van der Waals surface area (Å²) >= 11 is 0.